The zero-order valence-corrected chi connectivity index (χ0v) is 18.4. The van der Waals surface area contributed by atoms with Gasteiger partial charge in [0.1, 0.15) is 4.32 Å². The number of hydrogen-bond donors (Lipinski definition) is 1. The molecule has 2 aliphatic heterocycles. The van der Waals surface area contributed by atoms with E-state index in [1.54, 1.807) is 18.2 Å². The molecule has 1 fully saturated rings. The van der Waals surface area contributed by atoms with E-state index < -0.39 is 0 Å². The number of carbonyl (C=O) groups excluding carboxylic acids is 2. The summed E-state index contributed by atoms with van der Waals surface area (Å²) >= 11 is 6.61. The van der Waals surface area contributed by atoms with E-state index in [9.17, 15) is 9.59 Å². The topological polar surface area (TPSA) is 67.9 Å². The molecule has 0 unspecified atom stereocenters. The van der Waals surface area contributed by atoms with E-state index in [4.69, 9.17) is 21.7 Å². The van der Waals surface area contributed by atoms with Crippen LogP contribution in [0, 0.1) is 0 Å². The summed E-state index contributed by atoms with van der Waals surface area (Å²) in [5.74, 6) is 0.863. The van der Waals surface area contributed by atoms with Gasteiger partial charge in [-0.15, -0.1) is 0 Å². The maximum atomic E-state index is 12.8. The van der Waals surface area contributed by atoms with Crippen molar-refractivity contribution in [2.75, 3.05) is 18.7 Å². The number of nitrogens with one attached hydrogen (secondary N) is 1. The van der Waals surface area contributed by atoms with Crippen molar-refractivity contribution < 1.29 is 19.1 Å². The summed E-state index contributed by atoms with van der Waals surface area (Å²) in [6.45, 7) is 2.34. The molecule has 2 aromatic carbocycles. The van der Waals surface area contributed by atoms with E-state index in [0.717, 1.165) is 11.1 Å². The molecule has 31 heavy (non-hydrogen) atoms. The molecular formula is C23H20N2O4S2. The van der Waals surface area contributed by atoms with Crippen LogP contribution in [0.4, 0.5) is 5.69 Å². The Balaban J connectivity index is 1.34. The number of hydrogen-bond acceptors (Lipinski definition) is 6. The number of ether oxygens (including phenoxy) is 2. The van der Waals surface area contributed by atoms with Crippen LogP contribution in [0.1, 0.15) is 18.9 Å². The van der Waals surface area contributed by atoms with Crippen molar-refractivity contribution in [2.24, 2.45) is 0 Å². The molecule has 2 aliphatic rings. The SMILES string of the molecule is CC(=C/c1ccccc1)/C=C1\SC(=S)N(CCC(=O)Nc2ccc3c(c2)OCO3)C1=O. The summed E-state index contributed by atoms with van der Waals surface area (Å²) in [4.78, 5) is 27.1. The quantitative estimate of drug-likeness (QED) is 0.511. The van der Waals surface area contributed by atoms with Crippen LogP contribution in [0.15, 0.2) is 65.1 Å². The Bertz CT molecular complexity index is 1100. The van der Waals surface area contributed by atoms with E-state index in [2.05, 4.69) is 5.32 Å². The number of anilines is 1. The van der Waals surface area contributed by atoms with Gasteiger partial charge in [-0.05, 0) is 36.3 Å². The van der Waals surface area contributed by atoms with Gasteiger partial charge in [-0.2, -0.15) is 0 Å². The first kappa shape index (κ1) is 21.1. The highest BCUT2D eigenvalue weighted by Gasteiger charge is 2.32. The molecule has 158 valence electrons. The molecule has 0 bridgehead atoms. The van der Waals surface area contributed by atoms with Gasteiger partial charge in [-0.1, -0.05) is 60.4 Å². The van der Waals surface area contributed by atoms with Crippen LogP contribution in [0.25, 0.3) is 6.08 Å². The van der Waals surface area contributed by atoms with E-state index in [1.165, 1.54) is 16.7 Å². The summed E-state index contributed by atoms with van der Waals surface area (Å²) in [7, 11) is 0. The molecular weight excluding hydrogens is 432 g/mol. The number of nitrogens with zero attached hydrogens (tertiary/aromatic N) is 1. The number of thiocarbonyl (C=S) groups is 1. The van der Waals surface area contributed by atoms with Crippen LogP contribution in [0.2, 0.25) is 0 Å². The summed E-state index contributed by atoms with van der Waals surface area (Å²) in [5, 5.41) is 2.81. The fourth-order valence-corrected chi connectivity index (χ4v) is 4.52. The average Bonchev–Trinajstić information content (AvgIpc) is 3.31. The molecule has 2 aromatic rings. The van der Waals surface area contributed by atoms with Crippen LogP contribution >= 0.6 is 24.0 Å². The monoisotopic (exact) mass is 452 g/mol. The predicted octanol–water partition coefficient (Wildman–Crippen LogP) is 4.59. The largest absolute Gasteiger partial charge is 0.454 e. The van der Waals surface area contributed by atoms with Gasteiger partial charge in [-0.3, -0.25) is 14.5 Å². The van der Waals surface area contributed by atoms with Crippen molar-refractivity contribution in [2.45, 2.75) is 13.3 Å². The highest BCUT2D eigenvalue weighted by molar-refractivity contribution is 8.26. The van der Waals surface area contributed by atoms with Crippen molar-refractivity contribution in [3.05, 3.63) is 70.6 Å². The Morgan fingerprint density at radius 1 is 1.19 bits per heavy atom. The van der Waals surface area contributed by atoms with Gasteiger partial charge in [0.25, 0.3) is 5.91 Å². The summed E-state index contributed by atoms with van der Waals surface area (Å²) in [6, 6.07) is 15.1. The lowest BCUT2D eigenvalue weighted by atomic mass is 10.1. The fourth-order valence-electron chi connectivity index (χ4n) is 3.16. The van der Waals surface area contributed by atoms with Gasteiger partial charge < -0.3 is 14.8 Å². The van der Waals surface area contributed by atoms with Gasteiger partial charge >= 0.3 is 0 Å². The number of carbonyl (C=O) groups is 2. The first-order valence-electron chi connectivity index (χ1n) is 9.68. The number of fused-ring (bicyclic) bond motifs is 1. The number of thioether (sulfide) groups is 1. The third-order valence-corrected chi connectivity index (χ3v) is 6.02. The second-order valence-corrected chi connectivity index (χ2v) is 8.67. The first-order valence-corrected chi connectivity index (χ1v) is 10.9. The fraction of sp³-hybridized carbons (Fsp3) is 0.174. The van der Waals surface area contributed by atoms with E-state index in [1.807, 2.05) is 49.4 Å². The molecule has 8 heteroatoms. The van der Waals surface area contributed by atoms with Gasteiger partial charge in [-0.25, -0.2) is 0 Å². The molecule has 2 amide bonds. The Kier molecular flexibility index (Phi) is 6.39. The van der Waals surface area contributed by atoms with Gasteiger partial charge in [0.15, 0.2) is 11.5 Å². The molecule has 1 N–H and O–H groups in total. The molecule has 1 saturated heterocycles. The van der Waals surface area contributed by atoms with Crippen LogP contribution in [-0.2, 0) is 9.59 Å². The van der Waals surface area contributed by atoms with Crippen LogP contribution < -0.4 is 14.8 Å². The van der Waals surface area contributed by atoms with E-state index >= 15 is 0 Å². The minimum atomic E-state index is -0.211. The molecule has 0 aliphatic carbocycles. The second-order valence-electron chi connectivity index (χ2n) is 7.00. The van der Waals surface area contributed by atoms with Gasteiger partial charge in [0, 0.05) is 24.7 Å². The number of amides is 2. The van der Waals surface area contributed by atoms with Gasteiger partial charge in [0.05, 0.1) is 4.91 Å². The highest BCUT2D eigenvalue weighted by atomic mass is 32.2. The summed E-state index contributed by atoms with van der Waals surface area (Å²) in [6.07, 6.45) is 3.97. The third kappa shape index (κ3) is 5.15. The molecule has 0 atom stereocenters. The van der Waals surface area contributed by atoms with Crippen molar-refractivity contribution in [3.63, 3.8) is 0 Å². The lowest BCUT2D eigenvalue weighted by molar-refractivity contribution is -0.122. The smallest absolute Gasteiger partial charge is 0.266 e. The van der Waals surface area contributed by atoms with Crippen LogP contribution in [0.3, 0.4) is 0 Å². The van der Waals surface area contributed by atoms with Crippen LogP contribution in [0.5, 0.6) is 11.5 Å². The number of benzene rings is 2. The van der Waals surface area contributed by atoms with E-state index in [0.29, 0.717) is 26.4 Å². The Morgan fingerprint density at radius 2 is 1.97 bits per heavy atom. The molecule has 0 aromatic heterocycles. The maximum Gasteiger partial charge on any atom is 0.266 e. The van der Waals surface area contributed by atoms with E-state index in [-0.39, 0.29) is 31.6 Å². The predicted molar refractivity (Wildman–Crippen MR) is 126 cm³/mol. The summed E-state index contributed by atoms with van der Waals surface area (Å²) < 4.78 is 11.0. The van der Waals surface area contributed by atoms with Crippen molar-refractivity contribution in [1.29, 1.82) is 0 Å². The molecule has 2 heterocycles. The maximum absolute atomic E-state index is 12.8. The third-order valence-electron chi connectivity index (χ3n) is 4.65. The van der Waals surface area contributed by atoms with Crippen molar-refractivity contribution in [3.8, 4) is 11.5 Å². The second kappa shape index (κ2) is 9.36. The van der Waals surface area contributed by atoms with Gasteiger partial charge in [0.2, 0.25) is 12.7 Å². The standard InChI is InChI=1S/C23H20N2O4S2/c1-15(11-16-5-3-2-4-6-16)12-20-22(27)25(23(30)31-20)10-9-21(26)24-17-7-8-18-19(13-17)29-14-28-18/h2-8,11-13H,9-10,14H2,1H3,(H,24,26)/b15-11-,20-12-. The van der Waals surface area contributed by atoms with Crippen LogP contribution in [-0.4, -0.2) is 34.4 Å². The molecule has 0 spiro atoms. The Labute approximate surface area is 189 Å². The molecule has 6 nitrogen and oxygen atoms in total. The Morgan fingerprint density at radius 3 is 2.77 bits per heavy atom. The van der Waals surface area contributed by atoms with Crippen molar-refractivity contribution >= 4 is 51.9 Å². The zero-order valence-electron chi connectivity index (χ0n) is 16.8. The Hall–Kier alpha value is -3.10. The molecule has 4 rings (SSSR count). The normalized spacial score (nSPS) is 16.9. The molecule has 0 saturated carbocycles. The lowest BCUT2D eigenvalue weighted by Crippen LogP contribution is -2.31. The zero-order chi connectivity index (χ0) is 21.8. The molecule has 0 radical (unpaired) electrons. The number of rotatable bonds is 6. The minimum Gasteiger partial charge on any atom is -0.454 e. The first-order chi connectivity index (χ1) is 15.0. The summed E-state index contributed by atoms with van der Waals surface area (Å²) in [5.41, 5.74) is 2.63. The lowest BCUT2D eigenvalue weighted by Gasteiger charge is -2.14. The number of allylic oxidation sites excluding steroid dienone is 2. The average molecular weight is 453 g/mol. The minimum absolute atomic E-state index is 0.132. The van der Waals surface area contributed by atoms with Crippen molar-refractivity contribution in [1.82, 2.24) is 4.90 Å². The highest BCUT2D eigenvalue weighted by Crippen LogP contribution is 2.34.